The van der Waals surface area contributed by atoms with Crippen molar-refractivity contribution in [3.8, 4) is 5.75 Å². The van der Waals surface area contributed by atoms with Crippen molar-refractivity contribution >= 4 is 34.6 Å². The Bertz CT molecular complexity index is 1460. The van der Waals surface area contributed by atoms with Gasteiger partial charge in [-0.2, -0.15) is 0 Å². The molecule has 3 aliphatic carbocycles. The first-order valence-corrected chi connectivity index (χ1v) is 12.8. The van der Waals surface area contributed by atoms with Gasteiger partial charge in [0.05, 0.1) is 11.3 Å². The van der Waals surface area contributed by atoms with Crippen LogP contribution in [-0.2, 0) is 27.2 Å². The molecule has 0 spiro atoms. The number of nitrogens with zero attached hydrogens (tertiary/aromatic N) is 1. The van der Waals surface area contributed by atoms with Crippen LogP contribution in [0.25, 0.3) is 5.76 Å². The summed E-state index contributed by atoms with van der Waals surface area (Å²) in [5.41, 5.74) is 4.58. The van der Waals surface area contributed by atoms with E-state index in [-0.39, 0.29) is 36.1 Å². The van der Waals surface area contributed by atoms with Gasteiger partial charge in [-0.05, 0) is 42.4 Å². The van der Waals surface area contributed by atoms with Crippen molar-refractivity contribution < 1.29 is 34.8 Å². The van der Waals surface area contributed by atoms with Crippen molar-refractivity contribution in [3.05, 3.63) is 70.0 Å². The van der Waals surface area contributed by atoms with E-state index in [0.29, 0.717) is 24.2 Å². The second kappa shape index (κ2) is 9.46. The lowest BCUT2D eigenvalue weighted by Crippen LogP contribution is -2.58. The molecule has 204 valence electrons. The molecule has 7 N–H and O–H groups in total. The summed E-state index contributed by atoms with van der Waals surface area (Å²) < 4.78 is 0. The average Bonchev–Trinajstić information content (AvgIpc) is 2.87. The van der Waals surface area contributed by atoms with E-state index in [2.05, 4.69) is 5.32 Å². The van der Waals surface area contributed by atoms with E-state index in [4.69, 9.17) is 5.73 Å². The van der Waals surface area contributed by atoms with Crippen LogP contribution in [0.4, 0.5) is 11.4 Å². The summed E-state index contributed by atoms with van der Waals surface area (Å²) in [6.45, 7) is 0.492. The van der Waals surface area contributed by atoms with Crippen molar-refractivity contribution in [2.75, 3.05) is 30.9 Å². The van der Waals surface area contributed by atoms with Crippen LogP contribution in [0.15, 0.2) is 53.3 Å². The number of nitrogens with two attached hydrogens (primary N) is 1. The molecule has 10 nitrogen and oxygen atoms in total. The number of benzene rings is 2. The third-order valence-electron chi connectivity index (χ3n) is 8.09. The fraction of sp³-hybridized carbons (Fsp3) is 0.345. The molecule has 10 heteroatoms. The Morgan fingerprint density at radius 3 is 2.46 bits per heavy atom. The summed E-state index contributed by atoms with van der Waals surface area (Å²) in [4.78, 5) is 39.9. The predicted molar refractivity (Wildman–Crippen MR) is 144 cm³/mol. The van der Waals surface area contributed by atoms with Crippen LogP contribution in [0, 0.1) is 11.8 Å². The summed E-state index contributed by atoms with van der Waals surface area (Å²) in [5, 5.41) is 48.1. The van der Waals surface area contributed by atoms with Crippen molar-refractivity contribution in [3.63, 3.8) is 0 Å². The number of aliphatic hydroxyl groups excluding tert-OH is 2. The van der Waals surface area contributed by atoms with Gasteiger partial charge >= 0.3 is 0 Å². The zero-order valence-corrected chi connectivity index (χ0v) is 21.7. The van der Waals surface area contributed by atoms with E-state index in [1.54, 1.807) is 6.07 Å². The molecule has 0 bridgehead atoms. The number of amides is 1. The number of hydrogen-bond acceptors (Lipinski definition) is 9. The number of hydrogen-bond donors (Lipinski definition) is 6. The highest BCUT2D eigenvalue weighted by molar-refractivity contribution is 6.22. The Kier molecular flexibility index (Phi) is 6.38. The monoisotopic (exact) mass is 533 g/mol. The quantitative estimate of drug-likeness (QED) is 0.240. The van der Waals surface area contributed by atoms with Gasteiger partial charge in [-0.1, -0.05) is 30.3 Å². The molecule has 1 fully saturated rings. The van der Waals surface area contributed by atoms with E-state index in [0.717, 1.165) is 11.3 Å². The minimum absolute atomic E-state index is 0.0653. The smallest absolute Gasteiger partial charge is 0.255 e. The molecule has 0 saturated heterocycles. The molecule has 5 rings (SSSR count). The van der Waals surface area contributed by atoms with Crippen LogP contribution >= 0.6 is 0 Å². The number of carbonyl (C=O) groups is 3. The molecule has 39 heavy (non-hydrogen) atoms. The lowest BCUT2D eigenvalue weighted by Gasteiger charge is -2.46. The standard InChI is InChI=1S/C29H31N3O7/c1-32(2)19-13-18(31-9-8-14-6-4-3-5-7-14)24(34)22-17(19)11-15-10-16-12-20(33)23(28(30)38)27(37)29(16,39)26(36)21(15)25(22)35/h3-7,13,15-16,31,34-35,37,39H,8-12H2,1-2H3,(H2,30,38). The molecule has 3 atom stereocenters. The van der Waals surface area contributed by atoms with Gasteiger partial charge in [0.2, 0.25) is 5.78 Å². The Morgan fingerprint density at radius 2 is 1.82 bits per heavy atom. The van der Waals surface area contributed by atoms with Gasteiger partial charge < -0.3 is 36.4 Å². The number of anilines is 2. The minimum Gasteiger partial charge on any atom is -0.508 e. The first-order valence-electron chi connectivity index (χ1n) is 12.8. The lowest BCUT2D eigenvalue weighted by atomic mass is 9.59. The first-order chi connectivity index (χ1) is 18.5. The number of ketones is 2. The van der Waals surface area contributed by atoms with Gasteiger partial charge in [-0.25, -0.2) is 0 Å². The first kappa shape index (κ1) is 26.3. The largest absolute Gasteiger partial charge is 0.508 e. The van der Waals surface area contributed by atoms with E-state index < -0.39 is 52.0 Å². The highest BCUT2D eigenvalue weighted by Gasteiger charge is 2.60. The maximum Gasteiger partial charge on any atom is 0.255 e. The fourth-order valence-corrected chi connectivity index (χ4v) is 6.19. The molecule has 1 amide bonds. The molecule has 0 aliphatic heterocycles. The van der Waals surface area contributed by atoms with Crippen molar-refractivity contribution in [1.29, 1.82) is 0 Å². The van der Waals surface area contributed by atoms with Crippen molar-refractivity contribution in [2.24, 2.45) is 17.6 Å². The molecular formula is C29H31N3O7. The highest BCUT2D eigenvalue weighted by Crippen LogP contribution is 2.54. The van der Waals surface area contributed by atoms with Crippen molar-refractivity contribution in [2.45, 2.75) is 31.3 Å². The number of carbonyl (C=O) groups excluding carboxylic acids is 3. The molecular weight excluding hydrogens is 502 g/mol. The highest BCUT2D eigenvalue weighted by atomic mass is 16.3. The molecule has 1 saturated carbocycles. The van der Waals surface area contributed by atoms with Crippen LogP contribution < -0.4 is 16.0 Å². The summed E-state index contributed by atoms with van der Waals surface area (Å²) in [6, 6.07) is 11.6. The third kappa shape index (κ3) is 4.02. The van der Waals surface area contributed by atoms with Gasteiger partial charge in [0, 0.05) is 44.2 Å². The van der Waals surface area contributed by atoms with Gasteiger partial charge in [0.25, 0.3) is 5.91 Å². The molecule has 2 aromatic carbocycles. The fourth-order valence-electron chi connectivity index (χ4n) is 6.19. The van der Waals surface area contributed by atoms with Crippen LogP contribution in [0.2, 0.25) is 0 Å². The number of phenols is 1. The van der Waals surface area contributed by atoms with E-state index in [1.807, 2.05) is 49.3 Å². The summed E-state index contributed by atoms with van der Waals surface area (Å²) in [5.74, 6) is -6.41. The summed E-state index contributed by atoms with van der Waals surface area (Å²) >= 11 is 0. The number of primary amides is 1. The molecule has 3 unspecified atom stereocenters. The second-order valence-electron chi connectivity index (χ2n) is 10.6. The average molecular weight is 534 g/mol. The van der Waals surface area contributed by atoms with Crippen LogP contribution in [0.5, 0.6) is 5.75 Å². The van der Waals surface area contributed by atoms with Gasteiger partial charge in [-0.3, -0.25) is 14.4 Å². The Morgan fingerprint density at radius 1 is 1.13 bits per heavy atom. The summed E-state index contributed by atoms with van der Waals surface area (Å²) in [6.07, 6.45) is 0.675. The Balaban J connectivity index is 1.59. The maximum atomic E-state index is 13.7. The van der Waals surface area contributed by atoms with E-state index in [9.17, 15) is 34.8 Å². The number of aromatic hydroxyl groups is 1. The molecule has 3 aliphatic rings. The number of rotatable bonds is 6. The Labute approximate surface area is 225 Å². The topological polar surface area (TPSA) is 173 Å². The van der Waals surface area contributed by atoms with Crippen molar-refractivity contribution in [1.82, 2.24) is 0 Å². The van der Waals surface area contributed by atoms with Gasteiger partial charge in [0.1, 0.15) is 22.8 Å². The molecule has 2 aromatic rings. The molecule has 0 radical (unpaired) electrons. The lowest BCUT2D eigenvalue weighted by molar-refractivity contribution is -0.147. The SMILES string of the molecule is CN(C)c1cc(NCCc2ccccc2)c(O)c2c1CC1CC3CC(=O)C(C(N)=O)=C(O)C3(O)C(=O)C1=C2O. The number of phenolic OH excluding ortho intramolecular Hbond substituents is 1. The molecule has 0 heterocycles. The Hall–Kier alpha value is -4.31. The molecule has 0 aromatic heterocycles. The normalized spacial score (nSPS) is 24.2. The zero-order valence-electron chi connectivity index (χ0n) is 21.7. The van der Waals surface area contributed by atoms with E-state index >= 15 is 0 Å². The number of aliphatic hydroxyl groups is 3. The van der Waals surface area contributed by atoms with E-state index in [1.165, 1.54) is 0 Å². The number of fused-ring (bicyclic) bond motifs is 3. The summed E-state index contributed by atoms with van der Waals surface area (Å²) in [7, 11) is 3.66. The minimum atomic E-state index is -2.58. The zero-order chi connectivity index (χ0) is 28.2. The van der Waals surface area contributed by atoms with Crippen LogP contribution in [-0.4, -0.2) is 64.1 Å². The van der Waals surface area contributed by atoms with Gasteiger partial charge in [-0.15, -0.1) is 0 Å². The second-order valence-corrected chi connectivity index (χ2v) is 10.6. The predicted octanol–water partition coefficient (Wildman–Crippen LogP) is 2.14. The van der Waals surface area contributed by atoms with Crippen LogP contribution in [0.3, 0.4) is 0 Å². The number of Topliss-reactive ketones (excluding diaryl/α,β-unsaturated/α-hetero) is 2. The van der Waals surface area contributed by atoms with Crippen LogP contribution in [0.1, 0.15) is 29.5 Å². The third-order valence-corrected chi connectivity index (χ3v) is 8.09. The van der Waals surface area contributed by atoms with Gasteiger partial charge in [0.15, 0.2) is 11.4 Å². The maximum absolute atomic E-state index is 13.7. The number of nitrogens with one attached hydrogen (secondary N) is 1.